The van der Waals surface area contributed by atoms with Crippen LogP contribution in [0.1, 0.15) is 66.2 Å². The van der Waals surface area contributed by atoms with Crippen LogP contribution in [0.4, 0.5) is 9.59 Å². The molecule has 2 fully saturated rings. The van der Waals surface area contributed by atoms with Crippen LogP contribution in [0.2, 0.25) is 0 Å². The van der Waals surface area contributed by atoms with E-state index in [-0.39, 0.29) is 12.5 Å². The van der Waals surface area contributed by atoms with E-state index in [0.29, 0.717) is 50.9 Å². The molecule has 0 aromatic carbocycles. The summed E-state index contributed by atoms with van der Waals surface area (Å²) in [5.74, 6) is 0.749. The Hall–Kier alpha value is -1.62. The standard InChI is InChI=1S/C24H46N4O6/c1-18(2)20-27(14-16-33-20)12-9-24(26-23(31)32,8-6-5-7-11-25-22(29)30)10-13-28-15-17-34-21(28)19(3)4/h18-21,25-26H,5-17H2,1-4H3,(H,29,30)(H,31,32). The number of carboxylic acid groups (broad SMARTS) is 2. The van der Waals surface area contributed by atoms with Crippen molar-refractivity contribution in [2.24, 2.45) is 11.8 Å². The second kappa shape index (κ2) is 14.1. The minimum absolute atomic E-state index is 0.0712. The fraction of sp³-hybridized carbons (Fsp3) is 0.917. The van der Waals surface area contributed by atoms with E-state index in [2.05, 4.69) is 48.1 Å². The average molecular weight is 487 g/mol. The van der Waals surface area contributed by atoms with Crippen LogP contribution in [-0.2, 0) is 9.47 Å². The molecular formula is C24H46N4O6. The molecule has 2 aliphatic heterocycles. The second-order valence-electron chi connectivity index (χ2n) is 10.3. The Kier molecular flexibility index (Phi) is 11.8. The third kappa shape index (κ3) is 9.20. The molecule has 0 saturated carbocycles. The maximum atomic E-state index is 11.9. The van der Waals surface area contributed by atoms with Crippen molar-refractivity contribution < 1.29 is 29.3 Å². The zero-order valence-corrected chi connectivity index (χ0v) is 21.4. The first kappa shape index (κ1) is 28.6. The largest absolute Gasteiger partial charge is 0.465 e. The van der Waals surface area contributed by atoms with E-state index >= 15 is 0 Å². The van der Waals surface area contributed by atoms with Crippen LogP contribution in [-0.4, -0.2) is 96.1 Å². The zero-order valence-electron chi connectivity index (χ0n) is 21.4. The summed E-state index contributed by atoms with van der Waals surface area (Å²) in [6.45, 7) is 13.7. The molecule has 0 aromatic rings. The van der Waals surface area contributed by atoms with Gasteiger partial charge in [0.05, 0.1) is 13.2 Å². The van der Waals surface area contributed by atoms with Gasteiger partial charge in [0.25, 0.3) is 0 Å². The Morgan fingerprint density at radius 2 is 1.38 bits per heavy atom. The van der Waals surface area contributed by atoms with Crippen molar-refractivity contribution in [2.45, 2.75) is 84.2 Å². The number of hydrogen-bond donors (Lipinski definition) is 4. The highest BCUT2D eigenvalue weighted by Gasteiger charge is 2.37. The van der Waals surface area contributed by atoms with Crippen molar-refractivity contribution in [2.75, 3.05) is 45.9 Å². The molecule has 2 saturated heterocycles. The van der Waals surface area contributed by atoms with E-state index in [1.54, 1.807) is 0 Å². The summed E-state index contributed by atoms with van der Waals surface area (Å²) in [5, 5.41) is 23.8. The number of nitrogens with zero attached hydrogens (tertiary/aromatic N) is 2. The molecule has 198 valence electrons. The first-order valence-corrected chi connectivity index (χ1v) is 12.8. The summed E-state index contributed by atoms with van der Waals surface area (Å²) in [6, 6.07) is 0. The third-order valence-electron chi connectivity index (χ3n) is 6.93. The molecule has 2 aliphatic rings. The number of carbonyl (C=O) groups is 2. The van der Waals surface area contributed by atoms with Crippen molar-refractivity contribution in [1.29, 1.82) is 0 Å². The topological polar surface area (TPSA) is 124 Å². The molecule has 0 bridgehead atoms. The SMILES string of the molecule is CC(C)C1OCCN1CCC(CCCCCNC(=O)O)(CCN1CCOC1C(C)C)NC(=O)O. The highest BCUT2D eigenvalue weighted by Crippen LogP contribution is 2.29. The molecule has 2 unspecified atom stereocenters. The van der Waals surface area contributed by atoms with Gasteiger partial charge in [0.1, 0.15) is 12.5 Å². The smallest absolute Gasteiger partial charge is 0.405 e. The number of nitrogens with one attached hydrogen (secondary N) is 2. The van der Waals surface area contributed by atoms with Gasteiger partial charge in [-0.25, -0.2) is 9.59 Å². The monoisotopic (exact) mass is 486 g/mol. The molecule has 0 spiro atoms. The lowest BCUT2D eigenvalue weighted by molar-refractivity contribution is -0.0113. The highest BCUT2D eigenvalue weighted by atomic mass is 16.5. The van der Waals surface area contributed by atoms with Gasteiger partial charge in [-0.15, -0.1) is 0 Å². The Morgan fingerprint density at radius 3 is 1.82 bits per heavy atom. The van der Waals surface area contributed by atoms with E-state index in [9.17, 15) is 14.7 Å². The van der Waals surface area contributed by atoms with E-state index < -0.39 is 17.7 Å². The first-order valence-electron chi connectivity index (χ1n) is 12.8. The lowest BCUT2D eigenvalue weighted by atomic mass is 9.84. The van der Waals surface area contributed by atoms with Crippen LogP contribution in [0.3, 0.4) is 0 Å². The van der Waals surface area contributed by atoms with E-state index in [0.717, 1.165) is 45.4 Å². The molecule has 2 atom stereocenters. The van der Waals surface area contributed by atoms with Crippen molar-refractivity contribution in [1.82, 2.24) is 20.4 Å². The number of hydrogen-bond acceptors (Lipinski definition) is 6. The Labute approximate surface area is 204 Å². The van der Waals surface area contributed by atoms with Gasteiger partial charge in [0.2, 0.25) is 0 Å². The van der Waals surface area contributed by atoms with Crippen molar-refractivity contribution >= 4 is 12.2 Å². The Morgan fingerprint density at radius 1 is 0.853 bits per heavy atom. The molecule has 2 heterocycles. The normalized spacial score (nSPS) is 23.5. The fourth-order valence-electron chi connectivity index (χ4n) is 5.22. The summed E-state index contributed by atoms with van der Waals surface area (Å²) in [4.78, 5) is 27.2. The summed E-state index contributed by atoms with van der Waals surface area (Å²) < 4.78 is 11.8. The highest BCUT2D eigenvalue weighted by molar-refractivity contribution is 5.65. The molecule has 2 amide bonds. The van der Waals surface area contributed by atoms with Crippen molar-refractivity contribution in [3.8, 4) is 0 Å². The summed E-state index contributed by atoms with van der Waals surface area (Å²) in [7, 11) is 0. The van der Waals surface area contributed by atoms with E-state index in [4.69, 9.17) is 14.6 Å². The zero-order chi connectivity index (χ0) is 25.1. The summed E-state index contributed by atoms with van der Waals surface area (Å²) >= 11 is 0. The first-order chi connectivity index (χ1) is 16.1. The van der Waals surface area contributed by atoms with E-state index in [1.165, 1.54) is 0 Å². The lowest BCUT2D eigenvalue weighted by Gasteiger charge is -2.38. The summed E-state index contributed by atoms with van der Waals surface area (Å²) in [6.07, 6.45) is 2.67. The average Bonchev–Trinajstić information content (AvgIpc) is 3.42. The molecular weight excluding hydrogens is 440 g/mol. The van der Waals surface area contributed by atoms with Gasteiger partial charge in [0.15, 0.2) is 0 Å². The number of rotatable bonds is 15. The van der Waals surface area contributed by atoms with Crippen LogP contribution in [0.15, 0.2) is 0 Å². The fourth-order valence-corrected chi connectivity index (χ4v) is 5.22. The number of unbranched alkanes of at least 4 members (excludes halogenated alkanes) is 2. The van der Waals surface area contributed by atoms with Crippen LogP contribution in [0, 0.1) is 11.8 Å². The predicted molar refractivity (Wildman–Crippen MR) is 130 cm³/mol. The quantitative estimate of drug-likeness (QED) is 0.260. The molecule has 10 nitrogen and oxygen atoms in total. The van der Waals surface area contributed by atoms with E-state index in [1.807, 2.05) is 0 Å². The third-order valence-corrected chi connectivity index (χ3v) is 6.93. The van der Waals surface area contributed by atoms with Gasteiger partial charge in [-0.3, -0.25) is 9.80 Å². The minimum atomic E-state index is -1.01. The second-order valence-corrected chi connectivity index (χ2v) is 10.3. The molecule has 0 aromatic heterocycles. The van der Waals surface area contributed by atoms with Gasteiger partial charge in [-0.2, -0.15) is 0 Å². The number of amides is 2. The molecule has 34 heavy (non-hydrogen) atoms. The molecule has 4 N–H and O–H groups in total. The van der Waals surface area contributed by atoms with Gasteiger partial charge >= 0.3 is 12.2 Å². The Balaban J connectivity index is 2.06. The van der Waals surface area contributed by atoms with Gasteiger partial charge in [0, 0.05) is 38.3 Å². The molecule has 0 radical (unpaired) electrons. The van der Waals surface area contributed by atoms with Crippen LogP contribution < -0.4 is 10.6 Å². The minimum Gasteiger partial charge on any atom is -0.465 e. The van der Waals surface area contributed by atoms with Gasteiger partial charge < -0.3 is 30.3 Å². The maximum Gasteiger partial charge on any atom is 0.405 e. The number of ether oxygens (including phenoxy) is 2. The van der Waals surface area contributed by atoms with Crippen LogP contribution in [0.25, 0.3) is 0 Å². The van der Waals surface area contributed by atoms with Crippen molar-refractivity contribution in [3.05, 3.63) is 0 Å². The molecule has 0 aliphatic carbocycles. The summed E-state index contributed by atoms with van der Waals surface area (Å²) in [5.41, 5.74) is -0.555. The molecule has 2 rings (SSSR count). The van der Waals surface area contributed by atoms with Gasteiger partial charge in [-0.1, -0.05) is 40.5 Å². The predicted octanol–water partition coefficient (Wildman–Crippen LogP) is 3.23. The van der Waals surface area contributed by atoms with Crippen LogP contribution >= 0.6 is 0 Å². The molecule has 10 heteroatoms. The lowest BCUT2D eigenvalue weighted by Crippen LogP contribution is -2.52. The maximum absolute atomic E-state index is 11.9. The van der Waals surface area contributed by atoms with Crippen molar-refractivity contribution in [3.63, 3.8) is 0 Å². The Bertz CT molecular complexity index is 603. The van der Waals surface area contributed by atoms with Gasteiger partial charge in [-0.05, 0) is 37.5 Å². The van der Waals surface area contributed by atoms with Crippen LogP contribution in [0.5, 0.6) is 0 Å².